The predicted octanol–water partition coefficient (Wildman–Crippen LogP) is 27.3. The molecule has 0 atom stereocenters. The van der Waals surface area contributed by atoms with E-state index in [1.165, 1.54) is 0 Å². The Balaban J connectivity index is 0.595. The zero-order valence-corrected chi connectivity index (χ0v) is 66.9. The Morgan fingerprint density at radius 3 is 0.633 bits per heavy atom. The molecule has 0 radical (unpaired) electrons. The maximum atomic E-state index is 14.4. The van der Waals surface area contributed by atoms with Crippen LogP contribution in [-0.4, -0.2) is 20.0 Å². The minimum atomic E-state index is -0.0176. The van der Waals surface area contributed by atoms with Crippen LogP contribution in [0.2, 0.25) is 0 Å². The van der Waals surface area contributed by atoms with Crippen LogP contribution in [0.1, 0.15) is 57.3 Å². The van der Waals surface area contributed by atoms with E-state index in [9.17, 15) is 4.79 Å². The smallest absolute Gasteiger partial charge is 0.185 e. The molecule has 1 aliphatic rings. The van der Waals surface area contributed by atoms with E-state index in [1.807, 2.05) is 133 Å². The van der Waals surface area contributed by atoms with Gasteiger partial charge in [-0.1, -0.05) is 255 Å². The number of carbonyl (C=O) groups is 1. The summed E-state index contributed by atoms with van der Waals surface area (Å²) in [6, 6.07) is 133. The maximum absolute atomic E-state index is 14.4. The number of Topliss-reactive ketones (excluding diaryl/α,β-unsaturated/α-hetero) is 1. The van der Waals surface area contributed by atoms with Gasteiger partial charge in [-0.2, -0.15) is 0 Å². The first-order valence-corrected chi connectivity index (χ1v) is 40.5. The number of methoxy groups -OCH3 is 2. The Kier molecular flexibility index (Phi) is 24.2. The van der Waals surface area contributed by atoms with Crippen molar-refractivity contribution in [2.45, 2.75) is 52.5 Å². The maximum Gasteiger partial charge on any atom is 0.185 e. The summed E-state index contributed by atoms with van der Waals surface area (Å²) < 4.78 is 52.5. The van der Waals surface area contributed by atoms with Crippen molar-refractivity contribution in [1.29, 1.82) is 0 Å². The molecule has 120 heavy (non-hydrogen) atoms. The van der Waals surface area contributed by atoms with Crippen LogP contribution in [0.25, 0.3) is 101 Å². The lowest BCUT2D eigenvalue weighted by molar-refractivity contribution is -0.111. The molecular formula is C111H88O9. The van der Waals surface area contributed by atoms with Crippen LogP contribution in [-0.2, 0) is 44.4 Å². The zero-order valence-electron chi connectivity index (χ0n) is 66.9. The number of hydrogen-bond donors (Lipinski definition) is 0. The van der Waals surface area contributed by atoms with Crippen LogP contribution in [0.3, 0.4) is 0 Å². The Morgan fingerprint density at radius 2 is 0.417 bits per heavy atom. The van der Waals surface area contributed by atoms with E-state index >= 15 is 0 Å². The van der Waals surface area contributed by atoms with Gasteiger partial charge in [0.25, 0.3) is 0 Å². The molecule has 16 aromatic carbocycles. The van der Waals surface area contributed by atoms with E-state index in [2.05, 4.69) is 267 Å². The number of ketones is 1. The Morgan fingerprint density at radius 1 is 0.208 bits per heavy atom. The molecule has 0 aromatic heterocycles. The molecule has 16 aromatic rings. The van der Waals surface area contributed by atoms with Gasteiger partial charge in [-0.15, -0.1) is 0 Å². The lowest BCUT2D eigenvalue weighted by atomic mass is 9.96. The fourth-order valence-electron chi connectivity index (χ4n) is 15.4. The third-order valence-corrected chi connectivity index (χ3v) is 21.4. The van der Waals surface area contributed by atoms with Crippen LogP contribution in [0.4, 0.5) is 0 Å². The Hall–Kier alpha value is -14.9. The van der Waals surface area contributed by atoms with Crippen LogP contribution in [0, 0.1) is 0 Å². The summed E-state index contributed by atoms with van der Waals surface area (Å²) in [4.78, 5) is 14.4. The molecule has 0 amide bonds. The van der Waals surface area contributed by atoms with Crippen LogP contribution >= 0.6 is 0 Å². The molecule has 0 N–H and O–H groups in total. The second-order valence-corrected chi connectivity index (χ2v) is 29.9. The SMILES string of the molecule is COc1cc(/C=C2\CC/C(=C\c3ccc(OCc4cc(OCc5cc(-c6ccccc6)cc(-c6ccccc6)c5)cc(OCc5cc(-c6ccccc6)cc(-c6ccccc6)c5)c4)c(OC)c3)C2=O)ccc1OCc1cc(OCc2cc(-c3ccccc3)cc(-c3ccccc3)c2)cc(OCc2cc(-c3ccccc3)cc(-c3ccccc3)c2)c1. The van der Waals surface area contributed by atoms with Gasteiger partial charge in [0.2, 0.25) is 0 Å². The summed E-state index contributed by atoms with van der Waals surface area (Å²) in [5.41, 5.74) is 26.6. The fraction of sp³-hybridized carbons (Fsp3) is 0.0901. The van der Waals surface area contributed by atoms with Crippen molar-refractivity contribution in [2.24, 2.45) is 0 Å². The molecule has 0 heterocycles. The molecule has 1 aliphatic carbocycles. The molecule has 0 bridgehead atoms. The van der Waals surface area contributed by atoms with Crippen molar-refractivity contribution in [3.63, 3.8) is 0 Å². The highest BCUT2D eigenvalue weighted by Gasteiger charge is 2.25. The largest absolute Gasteiger partial charge is 0.493 e. The summed E-state index contributed by atoms with van der Waals surface area (Å²) in [5, 5.41) is 0. The number of allylic oxidation sites excluding steroid dienone is 2. The first-order valence-electron chi connectivity index (χ1n) is 40.5. The van der Waals surface area contributed by atoms with Crippen molar-refractivity contribution in [3.8, 4) is 135 Å². The highest BCUT2D eigenvalue weighted by molar-refractivity contribution is 6.15. The molecular weight excluding hydrogens is 1480 g/mol. The number of hydrogen-bond acceptors (Lipinski definition) is 9. The number of ether oxygens (including phenoxy) is 8. The average Bonchev–Trinajstić information content (AvgIpc) is 1.45. The highest BCUT2D eigenvalue weighted by atomic mass is 16.5. The third kappa shape index (κ3) is 19.6. The minimum absolute atomic E-state index is 0.0176. The standard InChI is InChI=1S/C111H88O9/c1-113-109-63-77(43-47-107(109)119-75-83-59-103(115-71-79-51-95(85-27-11-3-12-28-85)65-96(52-79)86-29-13-4-14-30-86)69-104(60-83)116-72-80-53-97(87-31-15-5-16-32-87)66-98(54-80)88-33-17-6-18-34-88)49-93-45-46-94(111(93)112)50-78-44-48-108(110(64-78)114-2)120-76-84-61-105(117-73-81-55-99(89-35-19-7-20-36-89)67-100(56-81)90-37-21-8-22-38-90)70-106(62-84)118-74-82-57-101(91-39-23-9-24-40-91)68-102(58-82)92-41-25-10-26-42-92/h3-44,47-70H,45-46,71-76H2,1-2H3/b93-49+,94-50+. The van der Waals surface area contributed by atoms with E-state index in [4.69, 9.17) is 37.9 Å². The topological polar surface area (TPSA) is 90.9 Å². The van der Waals surface area contributed by atoms with E-state index < -0.39 is 0 Å². The summed E-state index contributed by atoms with van der Waals surface area (Å²) in [6.45, 7) is 1.55. The van der Waals surface area contributed by atoms with Gasteiger partial charge < -0.3 is 37.9 Å². The second kappa shape index (κ2) is 37.3. The molecule has 17 rings (SSSR count). The molecule has 0 saturated heterocycles. The summed E-state index contributed by atoms with van der Waals surface area (Å²) in [5.74, 6) is 4.62. The molecule has 0 aliphatic heterocycles. The average molecular weight is 1570 g/mol. The Labute approximate surface area is 701 Å². The van der Waals surface area contributed by atoms with Crippen LogP contribution in [0.5, 0.6) is 46.0 Å². The minimum Gasteiger partial charge on any atom is -0.493 e. The Bertz CT molecular complexity index is 5380. The van der Waals surface area contributed by atoms with Crippen molar-refractivity contribution in [1.82, 2.24) is 0 Å². The van der Waals surface area contributed by atoms with Gasteiger partial charge in [0.1, 0.15) is 62.6 Å². The second-order valence-electron chi connectivity index (χ2n) is 29.9. The van der Waals surface area contributed by atoms with Crippen molar-refractivity contribution < 1.29 is 42.7 Å². The molecule has 0 spiro atoms. The zero-order chi connectivity index (χ0) is 81.2. The summed E-state index contributed by atoms with van der Waals surface area (Å²) >= 11 is 0. The van der Waals surface area contributed by atoms with Crippen LogP contribution in [0.15, 0.2) is 399 Å². The molecule has 586 valence electrons. The summed E-state index contributed by atoms with van der Waals surface area (Å²) in [6.07, 6.45) is 5.04. The van der Waals surface area contributed by atoms with Gasteiger partial charge in [-0.3, -0.25) is 4.79 Å². The molecule has 1 fully saturated rings. The van der Waals surface area contributed by atoms with E-state index in [0.717, 1.165) is 134 Å². The van der Waals surface area contributed by atoms with Gasteiger partial charge in [-0.05, 0) is 280 Å². The normalized spacial score (nSPS) is 12.4. The van der Waals surface area contributed by atoms with Gasteiger partial charge >= 0.3 is 0 Å². The molecule has 9 nitrogen and oxygen atoms in total. The number of benzene rings is 16. The fourth-order valence-corrected chi connectivity index (χ4v) is 15.4. The van der Waals surface area contributed by atoms with Crippen molar-refractivity contribution >= 4 is 17.9 Å². The van der Waals surface area contributed by atoms with Gasteiger partial charge in [0.15, 0.2) is 28.8 Å². The monoisotopic (exact) mass is 1560 g/mol. The van der Waals surface area contributed by atoms with E-state index in [-0.39, 0.29) is 19.0 Å². The molecule has 1 saturated carbocycles. The number of rotatable bonds is 30. The van der Waals surface area contributed by atoms with Gasteiger partial charge in [0.05, 0.1) is 14.2 Å². The van der Waals surface area contributed by atoms with E-state index in [1.54, 1.807) is 14.2 Å². The molecule has 0 unspecified atom stereocenters. The third-order valence-electron chi connectivity index (χ3n) is 21.4. The van der Waals surface area contributed by atoms with Crippen molar-refractivity contribution in [3.05, 3.63) is 444 Å². The first kappa shape index (κ1) is 77.6. The van der Waals surface area contributed by atoms with Gasteiger partial charge in [-0.25, -0.2) is 0 Å². The lowest BCUT2D eigenvalue weighted by Gasteiger charge is -2.16. The highest BCUT2D eigenvalue weighted by Crippen LogP contribution is 2.40. The lowest BCUT2D eigenvalue weighted by Crippen LogP contribution is -2.03. The van der Waals surface area contributed by atoms with Gasteiger partial charge in [0, 0.05) is 23.3 Å². The van der Waals surface area contributed by atoms with E-state index in [0.29, 0.717) is 96.4 Å². The summed E-state index contributed by atoms with van der Waals surface area (Å²) in [7, 11) is 3.25. The quantitative estimate of drug-likeness (QED) is 0.0408. The predicted molar refractivity (Wildman–Crippen MR) is 484 cm³/mol. The van der Waals surface area contributed by atoms with Crippen molar-refractivity contribution in [2.75, 3.05) is 14.2 Å². The first-order chi connectivity index (χ1) is 59.2. The molecule has 9 heteroatoms. The number of carbonyl (C=O) groups excluding carboxylic acids is 1. The van der Waals surface area contributed by atoms with Crippen LogP contribution < -0.4 is 37.9 Å².